The molecule has 1 radical (unpaired) electrons. The molecule has 0 heterocycles. The molecule has 0 rings (SSSR count). The first kappa shape index (κ1) is 8.35. The van der Waals surface area contributed by atoms with E-state index in [1.54, 1.807) is 0 Å². The van der Waals surface area contributed by atoms with Gasteiger partial charge in [-0.05, 0) is 18.6 Å². The summed E-state index contributed by atoms with van der Waals surface area (Å²) < 4.78 is 0. The third-order valence-electron chi connectivity index (χ3n) is 1.36. The van der Waals surface area contributed by atoms with Gasteiger partial charge in [0.05, 0.1) is 0 Å². The summed E-state index contributed by atoms with van der Waals surface area (Å²) >= 11 is 1.85. The van der Waals surface area contributed by atoms with Gasteiger partial charge in [0.1, 0.15) is 0 Å². The van der Waals surface area contributed by atoms with Gasteiger partial charge in [-0.1, -0.05) is 20.8 Å². The SMILES string of the molecule is CS[C](C)C(C)(C)C. The molecular weight excluding hydrogens is 116 g/mol. The molecule has 0 aliphatic rings. The summed E-state index contributed by atoms with van der Waals surface area (Å²) in [5, 5.41) is 1.50. The molecule has 0 amide bonds. The summed E-state index contributed by atoms with van der Waals surface area (Å²) in [4.78, 5) is 0. The van der Waals surface area contributed by atoms with Crippen molar-refractivity contribution < 1.29 is 0 Å². The Labute approximate surface area is 57.1 Å². The van der Waals surface area contributed by atoms with Crippen LogP contribution in [0.5, 0.6) is 0 Å². The van der Waals surface area contributed by atoms with Gasteiger partial charge in [-0.25, -0.2) is 0 Å². The molecule has 0 aromatic rings. The van der Waals surface area contributed by atoms with Gasteiger partial charge in [-0.3, -0.25) is 0 Å². The van der Waals surface area contributed by atoms with Crippen LogP contribution in [-0.4, -0.2) is 6.26 Å². The third-order valence-corrected chi connectivity index (χ3v) is 2.59. The van der Waals surface area contributed by atoms with Crippen molar-refractivity contribution in [3.8, 4) is 0 Å². The largest absolute Gasteiger partial charge is 0.157 e. The van der Waals surface area contributed by atoms with E-state index in [1.807, 2.05) is 11.8 Å². The van der Waals surface area contributed by atoms with Gasteiger partial charge >= 0.3 is 0 Å². The molecule has 0 fully saturated rings. The van der Waals surface area contributed by atoms with Gasteiger partial charge < -0.3 is 0 Å². The average Bonchev–Trinajstić information content (AvgIpc) is 1.62. The highest BCUT2D eigenvalue weighted by molar-refractivity contribution is 8.01. The van der Waals surface area contributed by atoms with Crippen LogP contribution in [0.15, 0.2) is 0 Å². The molecule has 0 aromatic heterocycles. The molecule has 1 heteroatoms. The fourth-order valence-electron chi connectivity index (χ4n) is 0.306. The van der Waals surface area contributed by atoms with Crippen molar-refractivity contribution in [3.63, 3.8) is 0 Å². The van der Waals surface area contributed by atoms with Crippen LogP contribution in [0.3, 0.4) is 0 Å². The van der Waals surface area contributed by atoms with E-state index in [-0.39, 0.29) is 0 Å². The van der Waals surface area contributed by atoms with Crippen molar-refractivity contribution >= 4 is 11.8 Å². The molecule has 0 spiro atoms. The normalized spacial score (nSPS) is 12.8. The summed E-state index contributed by atoms with van der Waals surface area (Å²) in [6.45, 7) is 8.89. The highest BCUT2D eigenvalue weighted by Crippen LogP contribution is 2.34. The molecule has 49 valence electrons. The van der Waals surface area contributed by atoms with Gasteiger partial charge in [0.15, 0.2) is 0 Å². The number of rotatable bonds is 1. The first-order valence-corrected chi connectivity index (χ1v) is 4.09. The zero-order valence-corrected chi connectivity index (χ0v) is 7.22. The minimum absolute atomic E-state index is 0.388. The lowest BCUT2D eigenvalue weighted by atomic mass is 9.93. The van der Waals surface area contributed by atoms with Crippen LogP contribution < -0.4 is 0 Å². The first-order chi connectivity index (χ1) is 3.48. The van der Waals surface area contributed by atoms with Crippen molar-refractivity contribution in [2.75, 3.05) is 6.26 Å². The molecule has 0 aliphatic carbocycles. The summed E-state index contributed by atoms with van der Waals surface area (Å²) in [5.41, 5.74) is 0.388. The molecule has 0 nitrogen and oxygen atoms in total. The Morgan fingerprint density at radius 2 is 1.62 bits per heavy atom. The topological polar surface area (TPSA) is 0 Å². The Balaban J connectivity index is 3.62. The van der Waals surface area contributed by atoms with Crippen molar-refractivity contribution in [1.29, 1.82) is 0 Å². The second-order valence-corrected chi connectivity index (χ2v) is 4.03. The van der Waals surface area contributed by atoms with Crippen LogP contribution in [0.2, 0.25) is 0 Å². The number of hydrogen-bond donors (Lipinski definition) is 0. The van der Waals surface area contributed by atoms with Crippen LogP contribution in [-0.2, 0) is 0 Å². The van der Waals surface area contributed by atoms with Gasteiger partial charge in [0, 0.05) is 5.25 Å². The van der Waals surface area contributed by atoms with Crippen molar-refractivity contribution in [2.45, 2.75) is 27.7 Å². The third kappa shape index (κ3) is 2.61. The lowest BCUT2D eigenvalue weighted by Crippen LogP contribution is -2.10. The monoisotopic (exact) mass is 131 g/mol. The minimum atomic E-state index is 0.388. The zero-order chi connectivity index (χ0) is 6.78. The van der Waals surface area contributed by atoms with Gasteiger partial charge in [0.2, 0.25) is 0 Å². The first-order valence-electron chi connectivity index (χ1n) is 2.86. The van der Waals surface area contributed by atoms with Crippen molar-refractivity contribution in [2.24, 2.45) is 5.41 Å². The Hall–Kier alpha value is 0.350. The second-order valence-electron chi connectivity index (χ2n) is 3.01. The van der Waals surface area contributed by atoms with Gasteiger partial charge in [-0.2, -0.15) is 11.8 Å². The van der Waals surface area contributed by atoms with E-state index in [0.717, 1.165) is 0 Å². The Morgan fingerprint density at radius 3 is 1.62 bits per heavy atom. The van der Waals surface area contributed by atoms with Crippen LogP contribution in [0.1, 0.15) is 27.7 Å². The van der Waals surface area contributed by atoms with Crippen LogP contribution >= 0.6 is 11.8 Å². The van der Waals surface area contributed by atoms with Crippen molar-refractivity contribution in [1.82, 2.24) is 0 Å². The molecule has 0 aromatic carbocycles. The molecule has 0 atom stereocenters. The predicted molar refractivity (Wildman–Crippen MR) is 41.9 cm³/mol. The quantitative estimate of drug-likeness (QED) is 0.527. The predicted octanol–water partition coefficient (Wildman–Crippen LogP) is 2.95. The van der Waals surface area contributed by atoms with E-state index in [4.69, 9.17) is 0 Å². The molecule has 0 unspecified atom stereocenters. The Bertz CT molecular complexity index is 61.3. The second kappa shape index (κ2) is 2.77. The molecule has 0 bridgehead atoms. The van der Waals surface area contributed by atoms with E-state index in [0.29, 0.717) is 5.41 Å². The Kier molecular flexibility index (Phi) is 2.89. The number of thioether (sulfide) groups is 1. The highest BCUT2D eigenvalue weighted by Gasteiger charge is 2.18. The molecular formula is C7H15S. The number of hydrogen-bond acceptors (Lipinski definition) is 1. The maximum atomic E-state index is 2.23. The lowest BCUT2D eigenvalue weighted by molar-refractivity contribution is 0.480. The van der Waals surface area contributed by atoms with Crippen molar-refractivity contribution in [3.05, 3.63) is 5.25 Å². The molecule has 0 saturated carbocycles. The van der Waals surface area contributed by atoms with E-state index in [1.165, 1.54) is 5.25 Å². The fraction of sp³-hybridized carbons (Fsp3) is 0.857. The van der Waals surface area contributed by atoms with Crippen LogP contribution in [0.25, 0.3) is 0 Å². The Morgan fingerprint density at radius 1 is 1.25 bits per heavy atom. The molecule has 0 N–H and O–H groups in total. The zero-order valence-electron chi connectivity index (χ0n) is 6.41. The smallest absolute Gasteiger partial charge is 0.0326 e. The van der Waals surface area contributed by atoms with E-state index >= 15 is 0 Å². The minimum Gasteiger partial charge on any atom is -0.157 e. The van der Waals surface area contributed by atoms with E-state index < -0.39 is 0 Å². The average molecular weight is 131 g/mol. The lowest BCUT2D eigenvalue weighted by Gasteiger charge is -2.23. The molecule has 8 heavy (non-hydrogen) atoms. The highest BCUT2D eigenvalue weighted by atomic mass is 32.2. The van der Waals surface area contributed by atoms with E-state index in [2.05, 4.69) is 34.0 Å². The van der Waals surface area contributed by atoms with Gasteiger partial charge in [0.25, 0.3) is 0 Å². The maximum Gasteiger partial charge on any atom is 0.0326 e. The summed E-state index contributed by atoms with van der Waals surface area (Å²) in [5.74, 6) is 0. The standard InChI is InChI=1S/C7H15S/c1-6(8-5)7(2,3)4/h1-5H3. The van der Waals surface area contributed by atoms with Crippen LogP contribution in [0.4, 0.5) is 0 Å². The molecule has 0 saturated heterocycles. The maximum absolute atomic E-state index is 2.23. The van der Waals surface area contributed by atoms with Gasteiger partial charge in [-0.15, -0.1) is 0 Å². The fourth-order valence-corrected chi connectivity index (χ4v) is 0.919. The summed E-state index contributed by atoms with van der Waals surface area (Å²) in [6.07, 6.45) is 2.13. The summed E-state index contributed by atoms with van der Waals surface area (Å²) in [7, 11) is 0. The van der Waals surface area contributed by atoms with E-state index in [9.17, 15) is 0 Å². The molecule has 0 aliphatic heterocycles. The van der Waals surface area contributed by atoms with Crippen LogP contribution in [0, 0.1) is 10.7 Å². The summed E-state index contributed by atoms with van der Waals surface area (Å²) in [6, 6.07) is 0.